The zero-order chi connectivity index (χ0) is 6.83. The first-order valence-electron chi connectivity index (χ1n) is 2.17. The van der Waals surface area contributed by atoms with E-state index in [1.54, 1.807) is 0 Å². The van der Waals surface area contributed by atoms with Crippen molar-refractivity contribution < 1.29 is 29.7 Å². The van der Waals surface area contributed by atoms with Gasteiger partial charge in [-0.25, -0.2) is 0 Å². The maximum absolute atomic E-state index is 7.74. The molecule has 54 valence electrons. The van der Waals surface area contributed by atoms with Gasteiger partial charge in [0.15, 0.2) is 0 Å². The maximum atomic E-state index is 7.74. The van der Waals surface area contributed by atoms with Crippen LogP contribution in [0.1, 0.15) is 0 Å². The van der Waals surface area contributed by atoms with Crippen LogP contribution in [-0.2, 0) is 19.5 Å². The van der Waals surface area contributed by atoms with Crippen molar-refractivity contribution in [2.75, 3.05) is 25.0 Å². The molecule has 0 heterocycles. The van der Waals surface area contributed by atoms with Crippen LogP contribution in [-0.4, -0.2) is 35.2 Å². The molecule has 0 aliphatic carbocycles. The number of hydrogen-bond donors (Lipinski definition) is 2. The molecule has 5 heteroatoms. The number of halogens is 2. The molecule has 0 aromatic rings. The molecule has 0 aliphatic rings. The van der Waals surface area contributed by atoms with Crippen LogP contribution < -0.4 is 0 Å². The Morgan fingerprint density at radius 3 is 1.00 bits per heavy atom. The van der Waals surface area contributed by atoms with Crippen LogP contribution >= 0.6 is 23.2 Å². The Labute approximate surface area is 77.9 Å². The monoisotopic (exact) mass is 224 g/mol. The van der Waals surface area contributed by atoms with E-state index in [1.165, 1.54) is 0 Å². The number of aliphatic hydroxyl groups is 2. The second kappa shape index (κ2) is 22.9. The average molecular weight is 226 g/mol. The van der Waals surface area contributed by atoms with Crippen LogP contribution in [0.4, 0.5) is 0 Å². The fraction of sp³-hybridized carbons (Fsp3) is 1.00. The summed E-state index contributed by atoms with van der Waals surface area (Å²) in [5, 5.41) is 15.5. The van der Waals surface area contributed by atoms with Crippen LogP contribution in [0.15, 0.2) is 0 Å². The van der Waals surface area contributed by atoms with Crippen LogP contribution in [0.25, 0.3) is 0 Å². The van der Waals surface area contributed by atoms with Crippen molar-refractivity contribution in [1.29, 1.82) is 0 Å². The van der Waals surface area contributed by atoms with E-state index in [-0.39, 0.29) is 32.7 Å². The minimum Gasteiger partial charge on any atom is -0.395 e. The van der Waals surface area contributed by atoms with E-state index in [4.69, 9.17) is 33.4 Å². The van der Waals surface area contributed by atoms with Crippen molar-refractivity contribution in [3.63, 3.8) is 0 Å². The summed E-state index contributed by atoms with van der Waals surface area (Å²) < 4.78 is 0. The summed E-state index contributed by atoms with van der Waals surface area (Å²) >= 11 is 9.87. The molecule has 0 bridgehead atoms. The van der Waals surface area contributed by atoms with Gasteiger partial charge in [0, 0.05) is 31.2 Å². The minimum atomic E-state index is 0. The van der Waals surface area contributed by atoms with Gasteiger partial charge in [-0.2, -0.15) is 0 Å². The van der Waals surface area contributed by atoms with Crippen molar-refractivity contribution in [2.24, 2.45) is 0 Å². The summed E-state index contributed by atoms with van der Waals surface area (Å²) in [6.07, 6.45) is 0. The smallest absolute Gasteiger partial charge is 0.0566 e. The van der Waals surface area contributed by atoms with E-state index >= 15 is 0 Å². The molecule has 0 amide bonds. The van der Waals surface area contributed by atoms with Gasteiger partial charge in [-0.1, -0.05) is 0 Å². The molecule has 0 fully saturated rings. The first-order valence-corrected chi connectivity index (χ1v) is 3.24. The van der Waals surface area contributed by atoms with Crippen molar-refractivity contribution in [1.82, 2.24) is 0 Å². The molecule has 0 aromatic heterocycles. The van der Waals surface area contributed by atoms with Gasteiger partial charge in [-0.05, 0) is 0 Å². The van der Waals surface area contributed by atoms with E-state index in [2.05, 4.69) is 0 Å². The number of alkyl halides is 2. The van der Waals surface area contributed by atoms with Crippen molar-refractivity contribution in [3.05, 3.63) is 0 Å². The summed E-state index contributed by atoms with van der Waals surface area (Å²) in [5.41, 5.74) is 0. The quantitative estimate of drug-likeness (QED) is 0.530. The third-order valence-corrected chi connectivity index (χ3v) is 0.507. The molecule has 0 unspecified atom stereocenters. The molecule has 0 rings (SSSR count). The molecule has 0 radical (unpaired) electrons. The number of rotatable bonds is 2. The molecule has 0 spiro atoms. The summed E-state index contributed by atoms with van der Waals surface area (Å²) in [6.45, 7) is 0.170. The average Bonchev–Trinajstić information content (AvgIpc) is 1.88. The first kappa shape index (κ1) is 16.6. The second-order valence-electron chi connectivity index (χ2n) is 0.825. The van der Waals surface area contributed by atoms with Gasteiger partial charge in [0.2, 0.25) is 0 Å². The van der Waals surface area contributed by atoms with Gasteiger partial charge >= 0.3 is 0 Å². The van der Waals surface area contributed by atoms with Gasteiger partial charge in [-0.15, -0.1) is 23.2 Å². The second-order valence-corrected chi connectivity index (χ2v) is 1.58. The largest absolute Gasteiger partial charge is 0.395 e. The van der Waals surface area contributed by atoms with Crippen LogP contribution in [0, 0.1) is 0 Å². The zero-order valence-corrected chi connectivity index (χ0v) is 9.66. The first-order chi connectivity index (χ1) is 3.83. The molecule has 9 heavy (non-hydrogen) atoms. The van der Waals surface area contributed by atoms with E-state index in [0.29, 0.717) is 11.8 Å². The van der Waals surface area contributed by atoms with Crippen LogP contribution in [0.3, 0.4) is 0 Å². The van der Waals surface area contributed by atoms with Gasteiger partial charge in [0.1, 0.15) is 0 Å². The molecule has 0 saturated heterocycles. The van der Waals surface area contributed by atoms with E-state index in [0.717, 1.165) is 0 Å². The van der Waals surface area contributed by atoms with Crippen molar-refractivity contribution >= 4 is 23.2 Å². The zero-order valence-electron chi connectivity index (χ0n) is 5.19. The predicted molar refractivity (Wildman–Crippen MR) is 35.6 cm³/mol. The summed E-state index contributed by atoms with van der Waals surface area (Å²) in [5.74, 6) is 0.694. The molecule has 0 aliphatic heterocycles. The number of aliphatic hydroxyl groups excluding tert-OH is 2. The topological polar surface area (TPSA) is 40.5 Å². The molecular formula is C4H10Cl2O2Zn. The fourth-order valence-electron chi connectivity index (χ4n) is 0. The Morgan fingerprint density at radius 1 is 0.889 bits per heavy atom. The summed E-state index contributed by atoms with van der Waals surface area (Å²) in [4.78, 5) is 0. The van der Waals surface area contributed by atoms with Gasteiger partial charge < -0.3 is 10.2 Å². The van der Waals surface area contributed by atoms with Crippen LogP contribution in [0.2, 0.25) is 0 Å². The van der Waals surface area contributed by atoms with Crippen molar-refractivity contribution in [3.8, 4) is 0 Å². The molecule has 0 saturated carbocycles. The Balaban J connectivity index is -0.0000000720. The molecule has 0 atom stereocenters. The van der Waals surface area contributed by atoms with Gasteiger partial charge in [0.25, 0.3) is 0 Å². The third kappa shape index (κ3) is 47.5. The number of hydrogen-bond acceptors (Lipinski definition) is 2. The Bertz CT molecular complexity index is 24.5. The van der Waals surface area contributed by atoms with E-state index < -0.39 is 0 Å². The molecule has 2 N–H and O–H groups in total. The maximum Gasteiger partial charge on any atom is 0.0566 e. The minimum absolute atomic E-state index is 0. The normalized spacial score (nSPS) is 6.67. The standard InChI is InChI=1S/2C2H5ClO.Zn/c2*3-1-2-4;/h2*4H,1-2H2;. The van der Waals surface area contributed by atoms with E-state index in [9.17, 15) is 0 Å². The van der Waals surface area contributed by atoms with Gasteiger partial charge in [-0.3, -0.25) is 0 Å². The van der Waals surface area contributed by atoms with E-state index in [1.807, 2.05) is 0 Å². The fourth-order valence-corrected chi connectivity index (χ4v) is 0. The third-order valence-electron chi connectivity index (χ3n) is 0.169. The Hall–Kier alpha value is 1.12. The Kier molecular flexibility index (Phi) is 42.3. The van der Waals surface area contributed by atoms with Gasteiger partial charge in [0.05, 0.1) is 13.2 Å². The van der Waals surface area contributed by atoms with Crippen LogP contribution in [0.5, 0.6) is 0 Å². The predicted octanol–water partition coefficient (Wildman–Crippen LogP) is 0.432. The molecule has 0 aromatic carbocycles. The summed E-state index contributed by atoms with van der Waals surface area (Å²) in [6, 6.07) is 0. The SMILES string of the molecule is OCCCl.OCCCl.[Zn]. The summed E-state index contributed by atoms with van der Waals surface area (Å²) in [7, 11) is 0. The van der Waals surface area contributed by atoms with Crippen molar-refractivity contribution in [2.45, 2.75) is 0 Å². The molecule has 2 nitrogen and oxygen atoms in total. The Morgan fingerprint density at radius 2 is 1.00 bits per heavy atom. The molecular weight excluding hydrogens is 216 g/mol.